The standard InChI is InChI=1S/C20H34N4O2.HI/c1-6-21-19(23-15-20(2)11-8-12-26-20)22-14-18(24(3)4)16-9-7-10-17(13-16)25-5;/h7,9-10,13,18H,6,8,11-12,14-15H2,1-5H3,(H2,21,22,23);1H. The quantitative estimate of drug-likeness (QED) is 0.334. The van der Waals surface area contributed by atoms with E-state index in [2.05, 4.69) is 55.6 Å². The monoisotopic (exact) mass is 490 g/mol. The van der Waals surface area contributed by atoms with Crippen LogP contribution in [0.3, 0.4) is 0 Å². The molecule has 1 aliphatic rings. The number of halogens is 1. The highest BCUT2D eigenvalue weighted by molar-refractivity contribution is 14.0. The van der Waals surface area contributed by atoms with E-state index < -0.39 is 0 Å². The Hall–Kier alpha value is -1.06. The molecule has 2 atom stereocenters. The first-order chi connectivity index (χ1) is 12.5. The Morgan fingerprint density at radius 2 is 2.15 bits per heavy atom. The second kappa shape index (κ2) is 11.7. The predicted octanol–water partition coefficient (Wildman–Crippen LogP) is 3.04. The van der Waals surface area contributed by atoms with E-state index >= 15 is 0 Å². The first kappa shape index (κ1) is 24.0. The van der Waals surface area contributed by atoms with Crippen molar-refractivity contribution in [3.8, 4) is 5.75 Å². The zero-order valence-electron chi connectivity index (χ0n) is 17.2. The van der Waals surface area contributed by atoms with Crippen molar-refractivity contribution in [3.63, 3.8) is 0 Å². The average molecular weight is 490 g/mol. The van der Waals surface area contributed by atoms with Gasteiger partial charge >= 0.3 is 0 Å². The lowest BCUT2D eigenvalue weighted by molar-refractivity contribution is 0.0283. The molecule has 1 aromatic carbocycles. The summed E-state index contributed by atoms with van der Waals surface area (Å²) in [5, 5.41) is 6.81. The lowest BCUT2D eigenvalue weighted by atomic mass is 10.0. The predicted molar refractivity (Wildman–Crippen MR) is 122 cm³/mol. The molecule has 0 amide bonds. The third-order valence-corrected chi connectivity index (χ3v) is 4.78. The maximum absolute atomic E-state index is 5.84. The average Bonchev–Trinajstić information content (AvgIpc) is 3.06. The number of guanidine groups is 1. The lowest BCUT2D eigenvalue weighted by Crippen LogP contribution is -2.42. The number of hydrogen-bond donors (Lipinski definition) is 2. The van der Waals surface area contributed by atoms with Crippen LogP contribution in [0, 0.1) is 0 Å². The van der Waals surface area contributed by atoms with Crippen LogP contribution in [0.15, 0.2) is 29.3 Å². The van der Waals surface area contributed by atoms with E-state index in [4.69, 9.17) is 14.5 Å². The number of aliphatic imine (C=N–C) groups is 1. The first-order valence-corrected chi connectivity index (χ1v) is 9.44. The highest BCUT2D eigenvalue weighted by Crippen LogP contribution is 2.25. The minimum atomic E-state index is -0.129. The SMILES string of the molecule is CCNC(=NCC1(C)CCCO1)NCC(c1cccc(OC)c1)N(C)C.I. The summed E-state index contributed by atoms with van der Waals surface area (Å²) in [6.45, 7) is 7.32. The molecule has 27 heavy (non-hydrogen) atoms. The van der Waals surface area contributed by atoms with Crippen LogP contribution in [0.4, 0.5) is 0 Å². The van der Waals surface area contributed by atoms with E-state index in [1.165, 1.54) is 5.56 Å². The number of ether oxygens (including phenoxy) is 2. The van der Waals surface area contributed by atoms with Crippen molar-refractivity contribution in [2.75, 3.05) is 47.4 Å². The van der Waals surface area contributed by atoms with Crippen molar-refractivity contribution in [2.45, 2.75) is 38.3 Å². The number of nitrogens with one attached hydrogen (secondary N) is 2. The molecule has 0 spiro atoms. The van der Waals surface area contributed by atoms with Crippen molar-refractivity contribution < 1.29 is 9.47 Å². The molecule has 1 fully saturated rings. The van der Waals surface area contributed by atoms with Gasteiger partial charge in [0.1, 0.15) is 5.75 Å². The van der Waals surface area contributed by atoms with Gasteiger partial charge in [-0.1, -0.05) is 12.1 Å². The Morgan fingerprint density at radius 1 is 1.37 bits per heavy atom. The molecule has 7 heteroatoms. The van der Waals surface area contributed by atoms with Gasteiger partial charge in [0.05, 0.1) is 25.3 Å². The second-order valence-electron chi connectivity index (χ2n) is 7.23. The third-order valence-electron chi connectivity index (χ3n) is 4.78. The van der Waals surface area contributed by atoms with Crippen LogP contribution in [0.5, 0.6) is 5.75 Å². The summed E-state index contributed by atoms with van der Waals surface area (Å²) in [7, 11) is 5.87. The molecule has 154 valence electrons. The Bertz CT molecular complexity index is 589. The normalized spacial score (nSPS) is 20.9. The molecule has 1 aliphatic heterocycles. The topological polar surface area (TPSA) is 58.1 Å². The summed E-state index contributed by atoms with van der Waals surface area (Å²) >= 11 is 0. The number of benzene rings is 1. The number of nitrogens with zero attached hydrogens (tertiary/aromatic N) is 2. The smallest absolute Gasteiger partial charge is 0.191 e. The van der Waals surface area contributed by atoms with E-state index in [9.17, 15) is 0 Å². The third kappa shape index (κ3) is 7.46. The summed E-state index contributed by atoms with van der Waals surface area (Å²) in [5.41, 5.74) is 1.08. The largest absolute Gasteiger partial charge is 0.497 e. The van der Waals surface area contributed by atoms with Crippen LogP contribution in [0.1, 0.15) is 38.3 Å². The summed E-state index contributed by atoms with van der Waals surface area (Å²) in [5.74, 6) is 1.71. The molecule has 6 nitrogen and oxygen atoms in total. The van der Waals surface area contributed by atoms with Gasteiger partial charge in [0.25, 0.3) is 0 Å². The summed E-state index contributed by atoms with van der Waals surface area (Å²) < 4.78 is 11.2. The van der Waals surface area contributed by atoms with Crippen LogP contribution in [0.2, 0.25) is 0 Å². The van der Waals surface area contributed by atoms with Crippen LogP contribution in [-0.2, 0) is 4.74 Å². The highest BCUT2D eigenvalue weighted by Gasteiger charge is 2.29. The van der Waals surface area contributed by atoms with Gasteiger partial charge in [-0.2, -0.15) is 0 Å². The number of likely N-dealkylation sites (N-methyl/N-ethyl adjacent to an activating group) is 1. The van der Waals surface area contributed by atoms with Gasteiger partial charge in [-0.3, -0.25) is 4.99 Å². The van der Waals surface area contributed by atoms with Crippen molar-refractivity contribution >= 4 is 29.9 Å². The van der Waals surface area contributed by atoms with Gasteiger partial charge in [-0.25, -0.2) is 0 Å². The fourth-order valence-electron chi connectivity index (χ4n) is 3.19. The van der Waals surface area contributed by atoms with E-state index in [-0.39, 0.29) is 35.6 Å². The van der Waals surface area contributed by atoms with Gasteiger partial charge in [-0.15, -0.1) is 24.0 Å². The highest BCUT2D eigenvalue weighted by atomic mass is 127. The van der Waals surface area contributed by atoms with Gasteiger partial charge in [0.2, 0.25) is 0 Å². The first-order valence-electron chi connectivity index (χ1n) is 9.44. The maximum Gasteiger partial charge on any atom is 0.191 e. The zero-order chi connectivity index (χ0) is 19.0. The molecule has 0 aromatic heterocycles. The fraction of sp³-hybridized carbons (Fsp3) is 0.650. The van der Waals surface area contributed by atoms with E-state index in [1.807, 2.05) is 12.1 Å². The van der Waals surface area contributed by atoms with Crippen LogP contribution >= 0.6 is 24.0 Å². The van der Waals surface area contributed by atoms with E-state index in [1.54, 1.807) is 7.11 Å². The molecule has 0 aliphatic carbocycles. The number of methoxy groups -OCH3 is 1. The molecular weight excluding hydrogens is 455 g/mol. The Labute approximate surface area is 181 Å². The number of hydrogen-bond acceptors (Lipinski definition) is 4. The molecule has 1 heterocycles. The van der Waals surface area contributed by atoms with Gasteiger partial charge in [-0.05, 0) is 58.5 Å². The molecule has 1 saturated heterocycles. The van der Waals surface area contributed by atoms with Crippen molar-refractivity contribution in [1.82, 2.24) is 15.5 Å². The van der Waals surface area contributed by atoms with Gasteiger partial charge in [0.15, 0.2) is 5.96 Å². The number of rotatable bonds is 8. The van der Waals surface area contributed by atoms with Crippen molar-refractivity contribution in [2.24, 2.45) is 4.99 Å². The molecule has 0 radical (unpaired) electrons. The Kier molecular flexibility index (Phi) is 10.4. The zero-order valence-corrected chi connectivity index (χ0v) is 19.6. The molecular formula is C20H35IN4O2. The van der Waals surface area contributed by atoms with Gasteiger partial charge < -0.3 is 25.0 Å². The van der Waals surface area contributed by atoms with E-state index in [0.717, 1.165) is 44.2 Å². The van der Waals surface area contributed by atoms with Crippen LogP contribution in [0.25, 0.3) is 0 Å². The van der Waals surface area contributed by atoms with Gasteiger partial charge in [0, 0.05) is 19.7 Å². The van der Waals surface area contributed by atoms with Crippen LogP contribution in [-0.4, -0.2) is 63.9 Å². The van der Waals surface area contributed by atoms with Crippen LogP contribution < -0.4 is 15.4 Å². The maximum atomic E-state index is 5.84. The Balaban J connectivity index is 0.00000364. The van der Waals surface area contributed by atoms with Crippen molar-refractivity contribution in [3.05, 3.63) is 29.8 Å². The lowest BCUT2D eigenvalue weighted by Gasteiger charge is -2.27. The second-order valence-corrected chi connectivity index (χ2v) is 7.23. The minimum Gasteiger partial charge on any atom is -0.497 e. The molecule has 2 rings (SSSR count). The molecule has 1 aromatic rings. The summed E-state index contributed by atoms with van der Waals surface area (Å²) in [6, 6.07) is 8.43. The Morgan fingerprint density at radius 3 is 2.74 bits per heavy atom. The molecule has 0 saturated carbocycles. The molecule has 2 N–H and O–H groups in total. The summed E-state index contributed by atoms with van der Waals surface area (Å²) in [4.78, 5) is 6.95. The van der Waals surface area contributed by atoms with E-state index in [0.29, 0.717) is 6.54 Å². The van der Waals surface area contributed by atoms with Crippen molar-refractivity contribution in [1.29, 1.82) is 0 Å². The molecule has 0 bridgehead atoms. The summed E-state index contributed by atoms with van der Waals surface area (Å²) in [6.07, 6.45) is 2.19. The minimum absolute atomic E-state index is 0. The fourth-order valence-corrected chi connectivity index (χ4v) is 3.19. The molecule has 2 unspecified atom stereocenters.